The van der Waals surface area contributed by atoms with Crippen molar-refractivity contribution in [3.8, 4) is 5.75 Å². The monoisotopic (exact) mass is 477 g/mol. The quantitative estimate of drug-likeness (QED) is 0.337. The third-order valence-electron chi connectivity index (χ3n) is 6.80. The molecule has 2 aromatic carbocycles. The molecule has 4 heteroatoms. The number of ether oxygens (including phenoxy) is 1. The standard InChI is InChI=1S/C31H43NO3/c1-19-15-20(2)17-23(16-19)28(33)27(25(31(8,9)10)18-21(3)30(5,6)7)32-29(34)24-13-12-14-26(35-11)22(24)4/h12-18,25,27H,1-11H3,(H,32,34)/b21-18+. The van der Waals surface area contributed by atoms with Crippen molar-refractivity contribution in [2.24, 2.45) is 16.7 Å². The molecule has 0 heterocycles. The van der Waals surface area contributed by atoms with Crippen molar-refractivity contribution in [2.75, 3.05) is 7.11 Å². The molecule has 2 atom stereocenters. The molecule has 0 aliphatic carbocycles. The van der Waals surface area contributed by atoms with Gasteiger partial charge >= 0.3 is 0 Å². The first kappa shape index (κ1) is 28.4. The summed E-state index contributed by atoms with van der Waals surface area (Å²) in [5, 5.41) is 3.14. The zero-order valence-corrected chi connectivity index (χ0v) is 23.4. The smallest absolute Gasteiger partial charge is 0.252 e. The van der Waals surface area contributed by atoms with E-state index in [1.54, 1.807) is 19.2 Å². The normalized spacial score (nSPS) is 14.3. The first-order chi connectivity index (χ1) is 16.1. The van der Waals surface area contributed by atoms with Crippen LogP contribution in [0.4, 0.5) is 0 Å². The van der Waals surface area contributed by atoms with Crippen LogP contribution in [0, 0.1) is 37.5 Å². The van der Waals surface area contributed by atoms with Crippen LogP contribution in [0.5, 0.6) is 5.75 Å². The predicted octanol–water partition coefficient (Wildman–Crippen LogP) is 7.26. The molecule has 0 fully saturated rings. The van der Waals surface area contributed by atoms with Gasteiger partial charge in [-0.3, -0.25) is 9.59 Å². The van der Waals surface area contributed by atoms with Crippen LogP contribution in [0.15, 0.2) is 48.0 Å². The number of Topliss-reactive ketones (excluding diaryl/α,β-unsaturated/α-hetero) is 1. The van der Waals surface area contributed by atoms with E-state index in [0.29, 0.717) is 16.9 Å². The van der Waals surface area contributed by atoms with Crippen LogP contribution < -0.4 is 10.1 Å². The van der Waals surface area contributed by atoms with Crippen LogP contribution in [-0.4, -0.2) is 24.8 Å². The molecule has 0 spiro atoms. The van der Waals surface area contributed by atoms with Crippen LogP contribution in [0.1, 0.15) is 85.9 Å². The second-order valence-corrected chi connectivity index (χ2v) is 11.8. The Morgan fingerprint density at radius 2 is 1.51 bits per heavy atom. The number of methoxy groups -OCH3 is 1. The van der Waals surface area contributed by atoms with E-state index in [-0.39, 0.29) is 28.4 Å². The van der Waals surface area contributed by atoms with E-state index in [1.165, 1.54) is 5.57 Å². The molecule has 0 aromatic heterocycles. The molecule has 0 aliphatic heterocycles. The number of hydrogen-bond donors (Lipinski definition) is 1. The lowest BCUT2D eigenvalue weighted by Gasteiger charge is -2.37. The second-order valence-electron chi connectivity index (χ2n) is 11.8. The minimum atomic E-state index is -0.730. The second kappa shape index (κ2) is 10.8. The number of carbonyl (C=O) groups excluding carboxylic acids is 2. The fraction of sp³-hybridized carbons (Fsp3) is 0.484. The maximum atomic E-state index is 14.1. The van der Waals surface area contributed by atoms with Crippen molar-refractivity contribution in [2.45, 2.75) is 75.3 Å². The van der Waals surface area contributed by atoms with Gasteiger partial charge in [-0.2, -0.15) is 0 Å². The SMILES string of the molecule is COc1cccc(C(=O)NC(C(=O)c2cc(C)cc(C)c2)C(/C=C(\C)C(C)(C)C)C(C)(C)C)c1C. The molecule has 0 saturated carbocycles. The van der Waals surface area contributed by atoms with Crippen molar-refractivity contribution in [1.29, 1.82) is 0 Å². The molecule has 0 radical (unpaired) electrons. The average Bonchev–Trinajstić information content (AvgIpc) is 2.73. The summed E-state index contributed by atoms with van der Waals surface area (Å²) in [6.45, 7) is 20.8. The molecule has 0 bridgehead atoms. The summed E-state index contributed by atoms with van der Waals surface area (Å²) in [6.07, 6.45) is 2.18. The molecule has 4 nitrogen and oxygen atoms in total. The lowest BCUT2D eigenvalue weighted by Crippen LogP contribution is -2.49. The molecule has 190 valence electrons. The Morgan fingerprint density at radius 1 is 0.943 bits per heavy atom. The Labute approximate surface area is 212 Å². The Kier molecular flexibility index (Phi) is 8.75. The lowest BCUT2D eigenvalue weighted by molar-refractivity contribution is 0.0787. The van der Waals surface area contributed by atoms with E-state index in [9.17, 15) is 9.59 Å². The van der Waals surface area contributed by atoms with E-state index in [0.717, 1.165) is 16.7 Å². The maximum Gasteiger partial charge on any atom is 0.252 e. The molecule has 2 rings (SSSR count). The average molecular weight is 478 g/mol. The molecule has 1 amide bonds. The fourth-order valence-corrected chi connectivity index (χ4v) is 4.28. The highest BCUT2D eigenvalue weighted by Gasteiger charge is 2.38. The van der Waals surface area contributed by atoms with E-state index < -0.39 is 6.04 Å². The molecule has 2 unspecified atom stereocenters. The fourth-order valence-electron chi connectivity index (χ4n) is 4.28. The number of amides is 1. The zero-order chi connectivity index (χ0) is 26.7. The molecule has 0 aliphatic rings. The minimum absolute atomic E-state index is 0.0512. The Hall–Kier alpha value is -2.88. The van der Waals surface area contributed by atoms with Gasteiger partial charge in [0.15, 0.2) is 5.78 Å². The highest BCUT2D eigenvalue weighted by atomic mass is 16.5. The minimum Gasteiger partial charge on any atom is -0.496 e. The van der Waals surface area contributed by atoms with Crippen LogP contribution in [0.3, 0.4) is 0 Å². The largest absolute Gasteiger partial charge is 0.496 e. The molecular formula is C31H43NO3. The van der Waals surface area contributed by atoms with Gasteiger partial charge in [-0.25, -0.2) is 0 Å². The first-order valence-corrected chi connectivity index (χ1v) is 12.3. The van der Waals surface area contributed by atoms with E-state index >= 15 is 0 Å². The third-order valence-corrected chi connectivity index (χ3v) is 6.80. The number of allylic oxidation sites excluding steroid dienone is 1. The summed E-state index contributed by atoms with van der Waals surface area (Å²) in [5.41, 5.74) is 4.78. The first-order valence-electron chi connectivity index (χ1n) is 12.3. The topological polar surface area (TPSA) is 55.4 Å². The molecule has 0 saturated heterocycles. The van der Waals surface area contributed by atoms with Gasteiger partial charge in [-0.05, 0) is 62.8 Å². The van der Waals surface area contributed by atoms with Gasteiger partial charge in [0.2, 0.25) is 0 Å². The van der Waals surface area contributed by atoms with Crippen LogP contribution in [0.2, 0.25) is 0 Å². The summed E-state index contributed by atoms with van der Waals surface area (Å²) < 4.78 is 5.42. The molecule has 35 heavy (non-hydrogen) atoms. The van der Waals surface area contributed by atoms with Gasteiger partial charge in [-0.1, -0.05) is 76.5 Å². The van der Waals surface area contributed by atoms with Crippen LogP contribution in [-0.2, 0) is 0 Å². The summed E-state index contributed by atoms with van der Waals surface area (Å²) in [4.78, 5) is 27.7. The number of benzene rings is 2. The zero-order valence-electron chi connectivity index (χ0n) is 23.4. The summed E-state index contributed by atoms with van der Waals surface area (Å²) in [6, 6.07) is 10.5. The van der Waals surface area contributed by atoms with E-state index in [4.69, 9.17) is 4.74 Å². The maximum absolute atomic E-state index is 14.1. The van der Waals surface area contributed by atoms with E-state index in [2.05, 4.69) is 65.9 Å². The Balaban J connectivity index is 2.67. The number of rotatable bonds is 7. The van der Waals surface area contributed by atoms with Crippen LogP contribution >= 0.6 is 0 Å². The van der Waals surface area contributed by atoms with Gasteiger partial charge in [0.1, 0.15) is 5.75 Å². The van der Waals surface area contributed by atoms with Crippen molar-refractivity contribution in [3.05, 3.63) is 75.9 Å². The highest BCUT2D eigenvalue weighted by Crippen LogP contribution is 2.36. The number of aryl methyl sites for hydroxylation is 2. The van der Waals surface area contributed by atoms with Crippen molar-refractivity contribution >= 4 is 11.7 Å². The lowest BCUT2D eigenvalue weighted by atomic mass is 9.71. The number of hydrogen-bond acceptors (Lipinski definition) is 3. The molecule has 1 N–H and O–H groups in total. The van der Waals surface area contributed by atoms with Crippen molar-refractivity contribution < 1.29 is 14.3 Å². The third kappa shape index (κ3) is 7.06. The summed E-state index contributed by atoms with van der Waals surface area (Å²) in [7, 11) is 1.59. The molecule has 2 aromatic rings. The van der Waals surface area contributed by atoms with Gasteiger partial charge in [0.05, 0.1) is 13.2 Å². The number of ketones is 1. The van der Waals surface area contributed by atoms with Gasteiger partial charge in [0.25, 0.3) is 5.91 Å². The van der Waals surface area contributed by atoms with Gasteiger partial charge in [-0.15, -0.1) is 0 Å². The Bertz CT molecular complexity index is 1090. The highest BCUT2D eigenvalue weighted by molar-refractivity contribution is 6.05. The van der Waals surface area contributed by atoms with Crippen molar-refractivity contribution in [1.82, 2.24) is 5.32 Å². The molecular weight excluding hydrogens is 434 g/mol. The van der Waals surface area contributed by atoms with Crippen LogP contribution in [0.25, 0.3) is 0 Å². The van der Waals surface area contributed by atoms with Gasteiger partial charge < -0.3 is 10.1 Å². The number of nitrogens with one attached hydrogen (secondary N) is 1. The van der Waals surface area contributed by atoms with E-state index in [1.807, 2.05) is 39.0 Å². The predicted molar refractivity (Wildman–Crippen MR) is 145 cm³/mol. The summed E-state index contributed by atoms with van der Waals surface area (Å²) in [5.74, 6) is 0.0688. The van der Waals surface area contributed by atoms with Crippen molar-refractivity contribution in [3.63, 3.8) is 0 Å². The Morgan fingerprint density at radius 3 is 2.00 bits per heavy atom. The van der Waals surface area contributed by atoms with Gasteiger partial charge in [0, 0.05) is 22.6 Å². The summed E-state index contributed by atoms with van der Waals surface area (Å²) >= 11 is 0. The number of carbonyl (C=O) groups is 2.